The van der Waals surface area contributed by atoms with Gasteiger partial charge in [-0.2, -0.15) is 0 Å². The number of nitrogens with zero attached hydrogens (tertiary/aromatic N) is 1. The van der Waals surface area contributed by atoms with Gasteiger partial charge in [-0.25, -0.2) is 0 Å². The normalized spacial score (nSPS) is 12.2. The van der Waals surface area contributed by atoms with E-state index in [1.807, 2.05) is 10.6 Å². The van der Waals surface area contributed by atoms with E-state index in [0.29, 0.717) is 12.5 Å². The van der Waals surface area contributed by atoms with Crippen LogP contribution in [0.5, 0.6) is 0 Å². The van der Waals surface area contributed by atoms with Crippen LogP contribution in [0.1, 0.15) is 59.2 Å². The summed E-state index contributed by atoms with van der Waals surface area (Å²) in [6, 6.07) is 4.10. The number of rotatable bonds is 6. The first-order valence-corrected chi connectivity index (χ1v) is 7.71. The standard InChI is InChI=1S/C17H30N2O/c1-7-18-12-14-8-9-15(17(4,5)6)19(16(14)20)11-10-13(2)3/h8-9,13,18H,7,10-12H2,1-6H3. The summed E-state index contributed by atoms with van der Waals surface area (Å²) < 4.78 is 1.98. The van der Waals surface area contributed by atoms with Gasteiger partial charge in [0.05, 0.1) is 0 Å². The van der Waals surface area contributed by atoms with Crippen molar-refractivity contribution in [2.24, 2.45) is 5.92 Å². The van der Waals surface area contributed by atoms with E-state index in [-0.39, 0.29) is 11.0 Å². The summed E-state index contributed by atoms with van der Waals surface area (Å²) in [6.07, 6.45) is 1.04. The van der Waals surface area contributed by atoms with Crippen LogP contribution >= 0.6 is 0 Å². The van der Waals surface area contributed by atoms with Crippen molar-refractivity contribution in [1.82, 2.24) is 9.88 Å². The van der Waals surface area contributed by atoms with E-state index in [2.05, 4.69) is 52.9 Å². The Morgan fingerprint density at radius 2 is 1.90 bits per heavy atom. The molecule has 1 aromatic heterocycles. The highest BCUT2D eigenvalue weighted by Gasteiger charge is 2.20. The van der Waals surface area contributed by atoms with Crippen molar-refractivity contribution in [3.05, 3.63) is 33.7 Å². The van der Waals surface area contributed by atoms with Crippen molar-refractivity contribution in [2.75, 3.05) is 6.54 Å². The molecule has 0 atom stereocenters. The average molecular weight is 278 g/mol. The number of hydrogen-bond acceptors (Lipinski definition) is 2. The molecule has 0 bridgehead atoms. The topological polar surface area (TPSA) is 34.0 Å². The van der Waals surface area contributed by atoms with Gasteiger partial charge in [0.1, 0.15) is 0 Å². The van der Waals surface area contributed by atoms with Gasteiger partial charge in [-0.05, 0) is 24.9 Å². The summed E-state index contributed by atoms with van der Waals surface area (Å²) in [5.74, 6) is 0.604. The summed E-state index contributed by atoms with van der Waals surface area (Å²) in [7, 11) is 0. The minimum atomic E-state index is -0.00709. The molecule has 0 spiro atoms. The molecule has 0 unspecified atom stereocenters. The highest BCUT2D eigenvalue weighted by atomic mass is 16.1. The fourth-order valence-corrected chi connectivity index (χ4v) is 2.28. The van der Waals surface area contributed by atoms with Gasteiger partial charge in [-0.3, -0.25) is 4.79 Å². The lowest BCUT2D eigenvalue weighted by Crippen LogP contribution is -2.33. The fourth-order valence-electron chi connectivity index (χ4n) is 2.28. The van der Waals surface area contributed by atoms with Crippen molar-refractivity contribution < 1.29 is 0 Å². The highest BCUT2D eigenvalue weighted by molar-refractivity contribution is 5.21. The molecule has 0 aliphatic carbocycles. The third-order valence-electron chi connectivity index (χ3n) is 3.52. The predicted molar refractivity (Wildman–Crippen MR) is 86.2 cm³/mol. The molecular formula is C17H30N2O. The second-order valence-electron chi connectivity index (χ2n) is 6.91. The molecule has 1 N–H and O–H groups in total. The van der Waals surface area contributed by atoms with Crippen LogP contribution in [0.15, 0.2) is 16.9 Å². The molecule has 0 aromatic carbocycles. The van der Waals surface area contributed by atoms with Gasteiger partial charge in [0.15, 0.2) is 0 Å². The molecule has 0 aliphatic rings. The van der Waals surface area contributed by atoms with E-state index >= 15 is 0 Å². The summed E-state index contributed by atoms with van der Waals surface area (Å²) in [5, 5.41) is 3.24. The second kappa shape index (κ2) is 7.07. The van der Waals surface area contributed by atoms with Crippen molar-refractivity contribution in [2.45, 2.75) is 66.5 Å². The van der Waals surface area contributed by atoms with E-state index in [1.165, 1.54) is 0 Å². The van der Waals surface area contributed by atoms with Gasteiger partial charge in [0, 0.05) is 29.8 Å². The molecule has 0 fully saturated rings. The van der Waals surface area contributed by atoms with Gasteiger partial charge in [-0.15, -0.1) is 0 Å². The van der Waals surface area contributed by atoms with Crippen molar-refractivity contribution in [3.8, 4) is 0 Å². The highest BCUT2D eigenvalue weighted by Crippen LogP contribution is 2.22. The maximum absolute atomic E-state index is 12.7. The van der Waals surface area contributed by atoms with E-state index in [9.17, 15) is 4.79 Å². The van der Waals surface area contributed by atoms with Crippen LogP contribution in [0.3, 0.4) is 0 Å². The number of pyridine rings is 1. The van der Waals surface area contributed by atoms with Crippen LogP contribution in [0, 0.1) is 5.92 Å². The molecule has 0 amide bonds. The first kappa shape index (κ1) is 17.0. The zero-order chi connectivity index (χ0) is 15.3. The molecule has 3 nitrogen and oxygen atoms in total. The predicted octanol–water partition coefficient (Wildman–Crippen LogP) is 3.30. The molecule has 1 heterocycles. The summed E-state index contributed by atoms with van der Waals surface area (Å²) >= 11 is 0. The van der Waals surface area contributed by atoms with Gasteiger partial charge < -0.3 is 9.88 Å². The first-order chi connectivity index (χ1) is 9.27. The third-order valence-corrected chi connectivity index (χ3v) is 3.52. The monoisotopic (exact) mass is 278 g/mol. The summed E-state index contributed by atoms with van der Waals surface area (Å²) in [5.41, 5.74) is 2.15. The zero-order valence-electron chi connectivity index (χ0n) is 13.9. The molecule has 0 saturated heterocycles. The number of aromatic nitrogens is 1. The Kier molecular flexibility index (Phi) is 6.00. The van der Waals surface area contributed by atoms with Crippen LogP contribution in [-0.4, -0.2) is 11.1 Å². The fraction of sp³-hybridized carbons (Fsp3) is 0.706. The van der Waals surface area contributed by atoms with Crippen LogP contribution in [0.25, 0.3) is 0 Å². The first-order valence-electron chi connectivity index (χ1n) is 7.71. The Morgan fingerprint density at radius 1 is 1.25 bits per heavy atom. The second-order valence-corrected chi connectivity index (χ2v) is 6.91. The third kappa shape index (κ3) is 4.48. The van der Waals surface area contributed by atoms with Gasteiger partial charge in [-0.1, -0.05) is 47.6 Å². The maximum atomic E-state index is 12.7. The van der Waals surface area contributed by atoms with Crippen LogP contribution in [0.4, 0.5) is 0 Å². The maximum Gasteiger partial charge on any atom is 0.255 e. The Labute approximate surface area is 123 Å². The minimum absolute atomic E-state index is 0.00709. The van der Waals surface area contributed by atoms with E-state index in [1.54, 1.807) is 0 Å². The molecule has 0 aliphatic heterocycles. The van der Waals surface area contributed by atoms with E-state index in [0.717, 1.165) is 30.8 Å². The molecule has 1 aromatic rings. The lowest BCUT2D eigenvalue weighted by Gasteiger charge is -2.25. The molecule has 0 radical (unpaired) electrons. The van der Waals surface area contributed by atoms with E-state index < -0.39 is 0 Å². The van der Waals surface area contributed by atoms with Gasteiger partial charge >= 0.3 is 0 Å². The van der Waals surface area contributed by atoms with E-state index in [4.69, 9.17) is 0 Å². The Morgan fingerprint density at radius 3 is 2.40 bits per heavy atom. The Bertz CT molecular complexity index is 481. The van der Waals surface area contributed by atoms with Crippen molar-refractivity contribution in [3.63, 3.8) is 0 Å². The molecule has 20 heavy (non-hydrogen) atoms. The molecule has 1 rings (SSSR count). The Balaban J connectivity index is 3.20. The number of hydrogen-bond donors (Lipinski definition) is 1. The quantitative estimate of drug-likeness (QED) is 0.866. The van der Waals surface area contributed by atoms with Gasteiger partial charge in [0.25, 0.3) is 5.56 Å². The lowest BCUT2D eigenvalue weighted by atomic mass is 9.90. The largest absolute Gasteiger partial charge is 0.313 e. The molecular weight excluding hydrogens is 248 g/mol. The van der Waals surface area contributed by atoms with Crippen LogP contribution in [-0.2, 0) is 18.5 Å². The molecule has 0 saturated carbocycles. The Hall–Kier alpha value is -1.09. The summed E-state index contributed by atoms with van der Waals surface area (Å²) in [6.45, 7) is 15.3. The van der Waals surface area contributed by atoms with Crippen LogP contribution < -0.4 is 10.9 Å². The van der Waals surface area contributed by atoms with Crippen LogP contribution in [0.2, 0.25) is 0 Å². The van der Waals surface area contributed by atoms with Crippen molar-refractivity contribution >= 4 is 0 Å². The smallest absolute Gasteiger partial charge is 0.255 e. The average Bonchev–Trinajstić information content (AvgIpc) is 2.34. The minimum Gasteiger partial charge on any atom is -0.313 e. The SMILES string of the molecule is CCNCc1ccc(C(C)(C)C)n(CCC(C)C)c1=O. The lowest BCUT2D eigenvalue weighted by molar-refractivity contribution is 0.452. The molecule has 3 heteroatoms. The summed E-state index contributed by atoms with van der Waals surface area (Å²) in [4.78, 5) is 12.7. The van der Waals surface area contributed by atoms with Gasteiger partial charge in [0.2, 0.25) is 0 Å². The molecule has 114 valence electrons. The zero-order valence-corrected chi connectivity index (χ0v) is 13.9. The number of nitrogens with one attached hydrogen (secondary N) is 1. The van der Waals surface area contributed by atoms with Crippen molar-refractivity contribution in [1.29, 1.82) is 0 Å².